The van der Waals surface area contributed by atoms with Crippen LogP contribution in [0.15, 0.2) is 0 Å². The number of carboxylic acids is 1. The van der Waals surface area contributed by atoms with Crippen molar-refractivity contribution >= 4 is 23.8 Å². The molecule has 0 spiro atoms. The molecule has 19 heavy (non-hydrogen) atoms. The van der Waals surface area contributed by atoms with Crippen LogP contribution in [0, 0.1) is 0 Å². The van der Waals surface area contributed by atoms with E-state index in [-0.39, 0.29) is 12.1 Å². The first-order valence-corrected chi connectivity index (χ1v) is 7.82. The molecule has 1 saturated heterocycles. The van der Waals surface area contributed by atoms with Gasteiger partial charge in [0.05, 0.1) is 0 Å². The Labute approximate surface area is 118 Å². The molecule has 7 heteroatoms. The van der Waals surface area contributed by atoms with E-state index in [4.69, 9.17) is 5.11 Å². The zero-order valence-corrected chi connectivity index (χ0v) is 12.6. The molecule has 0 aromatic heterocycles. The molecule has 6 nitrogen and oxygen atoms in total. The molecular formula is C12H23N3O3S. The zero-order valence-electron chi connectivity index (χ0n) is 11.8. The molecular weight excluding hydrogens is 266 g/mol. The number of rotatable bonds is 5. The van der Waals surface area contributed by atoms with Gasteiger partial charge in [0.1, 0.15) is 6.04 Å². The lowest BCUT2D eigenvalue weighted by molar-refractivity contribution is -0.139. The molecule has 0 radical (unpaired) electrons. The highest BCUT2D eigenvalue weighted by Crippen LogP contribution is 2.09. The Kier molecular flexibility index (Phi) is 6.44. The van der Waals surface area contributed by atoms with Crippen LogP contribution in [-0.2, 0) is 4.79 Å². The number of likely N-dealkylation sites (N-methyl/N-ethyl adjacent to an activating group) is 1. The normalized spacial score (nSPS) is 22.1. The minimum atomic E-state index is -0.968. The highest BCUT2D eigenvalue weighted by molar-refractivity contribution is 7.98. The van der Waals surface area contributed by atoms with Gasteiger partial charge in [0, 0.05) is 25.7 Å². The number of amides is 2. The number of hydrogen-bond acceptors (Lipinski definition) is 4. The summed E-state index contributed by atoms with van der Waals surface area (Å²) in [6.07, 6.45) is 2.37. The van der Waals surface area contributed by atoms with E-state index in [1.165, 1.54) is 0 Å². The van der Waals surface area contributed by atoms with Crippen molar-refractivity contribution in [3.63, 3.8) is 0 Å². The van der Waals surface area contributed by atoms with Crippen LogP contribution in [0.5, 0.6) is 0 Å². The van der Waals surface area contributed by atoms with Crippen molar-refractivity contribution in [1.29, 1.82) is 0 Å². The first-order valence-electron chi connectivity index (χ1n) is 6.43. The summed E-state index contributed by atoms with van der Waals surface area (Å²) < 4.78 is 0. The Bertz CT molecular complexity index is 327. The quantitative estimate of drug-likeness (QED) is 0.773. The molecule has 1 heterocycles. The van der Waals surface area contributed by atoms with Gasteiger partial charge in [-0.3, -0.25) is 0 Å². The van der Waals surface area contributed by atoms with Crippen molar-refractivity contribution < 1.29 is 14.7 Å². The average Bonchev–Trinajstić information content (AvgIpc) is 2.33. The molecule has 1 rings (SSSR count). The second-order valence-corrected chi connectivity index (χ2v) is 5.91. The van der Waals surface area contributed by atoms with Crippen LogP contribution in [0.25, 0.3) is 0 Å². The van der Waals surface area contributed by atoms with E-state index in [9.17, 15) is 9.59 Å². The summed E-state index contributed by atoms with van der Waals surface area (Å²) in [5, 5.41) is 11.7. The van der Waals surface area contributed by atoms with Gasteiger partial charge in [-0.2, -0.15) is 11.8 Å². The number of hydrogen-bond donors (Lipinski definition) is 2. The second kappa shape index (κ2) is 7.59. The van der Waals surface area contributed by atoms with Crippen LogP contribution in [0.3, 0.4) is 0 Å². The molecule has 0 aliphatic carbocycles. The van der Waals surface area contributed by atoms with Gasteiger partial charge in [-0.1, -0.05) is 0 Å². The second-order valence-electron chi connectivity index (χ2n) is 4.93. The van der Waals surface area contributed by atoms with Crippen molar-refractivity contribution in [1.82, 2.24) is 15.1 Å². The van der Waals surface area contributed by atoms with Crippen LogP contribution >= 0.6 is 11.8 Å². The van der Waals surface area contributed by atoms with Gasteiger partial charge in [0.2, 0.25) is 0 Å². The van der Waals surface area contributed by atoms with Crippen LogP contribution in [0.1, 0.15) is 13.3 Å². The van der Waals surface area contributed by atoms with E-state index in [2.05, 4.69) is 10.2 Å². The molecule has 110 valence electrons. The predicted molar refractivity (Wildman–Crippen MR) is 76.6 cm³/mol. The fraction of sp³-hybridized carbons (Fsp3) is 0.833. The molecule has 2 N–H and O–H groups in total. The fourth-order valence-electron chi connectivity index (χ4n) is 2.17. The lowest BCUT2D eigenvalue weighted by Crippen LogP contribution is -2.57. The minimum Gasteiger partial charge on any atom is -0.480 e. The maximum absolute atomic E-state index is 12.1. The van der Waals surface area contributed by atoms with Crippen LogP contribution in [0.2, 0.25) is 0 Å². The fourth-order valence-corrected chi connectivity index (χ4v) is 2.64. The van der Waals surface area contributed by atoms with E-state index in [0.29, 0.717) is 13.0 Å². The molecule has 1 fully saturated rings. The van der Waals surface area contributed by atoms with Crippen LogP contribution < -0.4 is 5.32 Å². The highest BCUT2D eigenvalue weighted by Gasteiger charge is 2.28. The van der Waals surface area contributed by atoms with Crippen molar-refractivity contribution in [2.75, 3.05) is 38.7 Å². The Hall–Kier alpha value is -0.950. The summed E-state index contributed by atoms with van der Waals surface area (Å²) in [7, 11) is 2.02. The van der Waals surface area contributed by atoms with Crippen molar-refractivity contribution in [2.45, 2.75) is 25.4 Å². The summed E-state index contributed by atoms with van der Waals surface area (Å²) in [4.78, 5) is 27.1. The van der Waals surface area contributed by atoms with Crippen LogP contribution in [-0.4, -0.2) is 77.7 Å². The molecule has 0 bridgehead atoms. The number of nitrogens with zero attached hydrogens (tertiary/aromatic N) is 2. The maximum Gasteiger partial charge on any atom is 0.326 e. The Balaban J connectivity index is 2.53. The summed E-state index contributed by atoms with van der Waals surface area (Å²) in [5.41, 5.74) is 0. The number of urea groups is 1. The number of nitrogens with one attached hydrogen (secondary N) is 1. The average molecular weight is 289 g/mol. The summed E-state index contributed by atoms with van der Waals surface area (Å²) in [6, 6.07) is -0.963. The summed E-state index contributed by atoms with van der Waals surface area (Å²) in [5.74, 6) is -0.251. The van der Waals surface area contributed by atoms with E-state index >= 15 is 0 Å². The third-order valence-corrected chi connectivity index (χ3v) is 3.94. The number of carbonyl (C=O) groups is 2. The molecule has 0 aromatic carbocycles. The van der Waals surface area contributed by atoms with Gasteiger partial charge in [-0.15, -0.1) is 0 Å². The monoisotopic (exact) mass is 289 g/mol. The van der Waals surface area contributed by atoms with Crippen molar-refractivity contribution in [3.05, 3.63) is 0 Å². The largest absolute Gasteiger partial charge is 0.480 e. The number of piperazine rings is 1. The third-order valence-electron chi connectivity index (χ3n) is 3.30. The molecule has 0 saturated carbocycles. The van der Waals surface area contributed by atoms with Gasteiger partial charge in [-0.05, 0) is 32.4 Å². The van der Waals surface area contributed by atoms with Gasteiger partial charge in [0.15, 0.2) is 0 Å². The number of thioether (sulfide) groups is 1. The number of carbonyl (C=O) groups excluding carboxylic acids is 1. The molecule has 1 aliphatic heterocycles. The first-order chi connectivity index (χ1) is 8.95. The maximum atomic E-state index is 12.1. The van der Waals surface area contributed by atoms with E-state index in [1.807, 2.05) is 20.2 Å². The molecule has 0 aromatic rings. The van der Waals surface area contributed by atoms with E-state index in [0.717, 1.165) is 18.8 Å². The smallest absolute Gasteiger partial charge is 0.326 e. The van der Waals surface area contributed by atoms with Gasteiger partial charge in [-0.25, -0.2) is 9.59 Å². The van der Waals surface area contributed by atoms with Crippen LogP contribution in [0.4, 0.5) is 4.79 Å². The lowest BCUT2D eigenvalue weighted by atomic mass is 10.2. The van der Waals surface area contributed by atoms with E-state index in [1.54, 1.807) is 16.7 Å². The Morgan fingerprint density at radius 3 is 2.68 bits per heavy atom. The molecule has 2 amide bonds. The minimum absolute atomic E-state index is 0.105. The van der Waals surface area contributed by atoms with Gasteiger partial charge >= 0.3 is 12.0 Å². The summed E-state index contributed by atoms with van der Waals surface area (Å²) >= 11 is 1.58. The highest BCUT2D eigenvalue weighted by atomic mass is 32.2. The topological polar surface area (TPSA) is 72.9 Å². The van der Waals surface area contributed by atoms with Gasteiger partial charge < -0.3 is 20.2 Å². The number of aliphatic carboxylic acids is 1. The first kappa shape index (κ1) is 16.1. The SMILES string of the molecule is CSCCC(NC(=O)N1CCN(C)CC1C)C(=O)O. The Morgan fingerprint density at radius 2 is 2.16 bits per heavy atom. The zero-order chi connectivity index (χ0) is 14.4. The number of carboxylic acid groups (broad SMARTS) is 1. The standard InChI is InChI=1S/C12H23N3O3S/c1-9-8-14(2)5-6-15(9)12(18)13-10(11(16)17)4-7-19-3/h9-10H,4-8H2,1-3H3,(H,13,18)(H,16,17). The molecule has 2 unspecified atom stereocenters. The predicted octanol–water partition coefficient (Wildman–Crippen LogP) is 0.538. The van der Waals surface area contributed by atoms with E-state index < -0.39 is 12.0 Å². The van der Waals surface area contributed by atoms with Crippen molar-refractivity contribution in [2.24, 2.45) is 0 Å². The van der Waals surface area contributed by atoms with Crippen molar-refractivity contribution in [3.8, 4) is 0 Å². The lowest BCUT2D eigenvalue weighted by Gasteiger charge is -2.38. The van der Waals surface area contributed by atoms with Gasteiger partial charge in [0.25, 0.3) is 0 Å². The molecule has 2 atom stereocenters. The molecule has 1 aliphatic rings. The summed E-state index contributed by atoms with van der Waals surface area (Å²) in [6.45, 7) is 4.25. The Morgan fingerprint density at radius 1 is 1.47 bits per heavy atom. The third kappa shape index (κ3) is 4.91.